The molecule has 1 aromatic carbocycles. The van der Waals surface area contributed by atoms with Gasteiger partial charge in [0.15, 0.2) is 5.78 Å². The fourth-order valence-electron chi connectivity index (χ4n) is 2.17. The number of benzene rings is 1. The predicted octanol–water partition coefficient (Wildman–Crippen LogP) is 2.39. The molecule has 0 atom stereocenters. The molecule has 0 fully saturated rings. The second kappa shape index (κ2) is 4.65. The van der Waals surface area contributed by atoms with E-state index in [9.17, 15) is 4.79 Å². The van der Waals surface area contributed by atoms with Gasteiger partial charge in [0, 0.05) is 36.8 Å². The number of rotatable bonds is 3. The monoisotopic (exact) mass is 251 g/mol. The molecular formula is C15H13N3O. The molecule has 4 heteroatoms. The molecular weight excluding hydrogens is 238 g/mol. The number of aromatic nitrogens is 3. The van der Waals surface area contributed by atoms with Crippen LogP contribution in [0.15, 0.2) is 48.9 Å². The SMILES string of the molecule is Cn1cc(CC(=O)c2cccc3cccnc23)cn1. The summed E-state index contributed by atoms with van der Waals surface area (Å²) in [6.07, 6.45) is 5.64. The highest BCUT2D eigenvalue weighted by Crippen LogP contribution is 2.17. The zero-order valence-electron chi connectivity index (χ0n) is 10.6. The number of aryl methyl sites for hydroxylation is 1. The van der Waals surface area contributed by atoms with E-state index in [-0.39, 0.29) is 5.78 Å². The molecule has 0 unspecified atom stereocenters. The van der Waals surface area contributed by atoms with Crippen molar-refractivity contribution in [1.29, 1.82) is 0 Å². The molecule has 4 nitrogen and oxygen atoms in total. The van der Waals surface area contributed by atoms with Crippen molar-refractivity contribution in [2.24, 2.45) is 7.05 Å². The van der Waals surface area contributed by atoms with Crippen LogP contribution in [0.3, 0.4) is 0 Å². The number of carbonyl (C=O) groups excluding carboxylic acids is 1. The molecule has 2 heterocycles. The van der Waals surface area contributed by atoms with Crippen molar-refractivity contribution in [3.63, 3.8) is 0 Å². The van der Waals surface area contributed by atoms with Crippen LogP contribution in [0.2, 0.25) is 0 Å². The third-order valence-corrected chi connectivity index (χ3v) is 3.06. The molecule has 0 bridgehead atoms. The Labute approximate surface area is 110 Å². The van der Waals surface area contributed by atoms with Crippen LogP contribution in [-0.4, -0.2) is 20.5 Å². The van der Waals surface area contributed by atoms with Crippen LogP contribution in [0.5, 0.6) is 0 Å². The Balaban J connectivity index is 1.97. The Morgan fingerprint density at radius 1 is 1.26 bits per heavy atom. The molecule has 0 radical (unpaired) electrons. The van der Waals surface area contributed by atoms with Crippen LogP contribution < -0.4 is 0 Å². The molecule has 0 aliphatic rings. The number of carbonyl (C=O) groups is 1. The van der Waals surface area contributed by atoms with Gasteiger partial charge in [-0.2, -0.15) is 5.10 Å². The quantitative estimate of drug-likeness (QED) is 0.671. The van der Waals surface area contributed by atoms with E-state index >= 15 is 0 Å². The first kappa shape index (κ1) is 11.6. The maximum absolute atomic E-state index is 12.4. The minimum absolute atomic E-state index is 0.0669. The summed E-state index contributed by atoms with van der Waals surface area (Å²) in [5.41, 5.74) is 2.35. The summed E-state index contributed by atoms with van der Waals surface area (Å²) < 4.78 is 1.70. The Bertz CT molecular complexity index is 740. The van der Waals surface area contributed by atoms with E-state index in [1.54, 1.807) is 17.1 Å². The molecule has 0 N–H and O–H groups in total. The van der Waals surface area contributed by atoms with Gasteiger partial charge in [-0.15, -0.1) is 0 Å². The van der Waals surface area contributed by atoms with Crippen molar-refractivity contribution < 1.29 is 4.79 Å². The number of hydrogen-bond acceptors (Lipinski definition) is 3. The second-order valence-electron chi connectivity index (χ2n) is 4.50. The number of pyridine rings is 1. The molecule has 0 saturated heterocycles. The van der Waals surface area contributed by atoms with Crippen molar-refractivity contribution in [2.45, 2.75) is 6.42 Å². The van der Waals surface area contributed by atoms with Crippen LogP contribution in [-0.2, 0) is 13.5 Å². The van der Waals surface area contributed by atoms with Gasteiger partial charge < -0.3 is 0 Å². The standard InChI is InChI=1S/C15H13N3O/c1-18-10-11(9-17-18)8-14(19)13-6-2-4-12-5-3-7-16-15(12)13/h2-7,9-10H,8H2,1H3. The van der Waals surface area contributed by atoms with Gasteiger partial charge in [-0.1, -0.05) is 18.2 Å². The van der Waals surface area contributed by atoms with Crippen LogP contribution in [0.25, 0.3) is 10.9 Å². The summed E-state index contributed by atoms with van der Waals surface area (Å²) in [5, 5.41) is 5.06. The van der Waals surface area contributed by atoms with Gasteiger partial charge in [0.1, 0.15) is 0 Å². The summed E-state index contributed by atoms with van der Waals surface area (Å²) >= 11 is 0. The summed E-state index contributed by atoms with van der Waals surface area (Å²) in [6.45, 7) is 0. The topological polar surface area (TPSA) is 47.8 Å². The first-order chi connectivity index (χ1) is 9.24. The second-order valence-corrected chi connectivity index (χ2v) is 4.50. The van der Waals surface area contributed by atoms with E-state index in [0.29, 0.717) is 12.0 Å². The largest absolute Gasteiger partial charge is 0.294 e. The lowest BCUT2D eigenvalue weighted by atomic mass is 10.0. The lowest BCUT2D eigenvalue weighted by Gasteiger charge is -2.03. The van der Waals surface area contributed by atoms with Crippen LogP contribution >= 0.6 is 0 Å². The number of fused-ring (bicyclic) bond motifs is 1. The third-order valence-electron chi connectivity index (χ3n) is 3.06. The highest BCUT2D eigenvalue weighted by Gasteiger charge is 2.12. The van der Waals surface area contributed by atoms with Crippen molar-refractivity contribution in [2.75, 3.05) is 0 Å². The van der Waals surface area contributed by atoms with E-state index < -0.39 is 0 Å². The van der Waals surface area contributed by atoms with Crippen LogP contribution in [0, 0.1) is 0 Å². The number of para-hydroxylation sites is 1. The Morgan fingerprint density at radius 2 is 2.11 bits per heavy atom. The summed E-state index contributed by atoms with van der Waals surface area (Å²) in [6, 6.07) is 9.51. The van der Waals surface area contributed by atoms with Crippen molar-refractivity contribution in [3.8, 4) is 0 Å². The van der Waals surface area contributed by atoms with E-state index in [1.165, 1.54) is 0 Å². The molecule has 0 spiro atoms. The minimum Gasteiger partial charge on any atom is -0.294 e. The Morgan fingerprint density at radius 3 is 2.89 bits per heavy atom. The maximum atomic E-state index is 12.4. The normalized spacial score (nSPS) is 10.8. The van der Waals surface area contributed by atoms with Gasteiger partial charge in [-0.3, -0.25) is 14.5 Å². The lowest BCUT2D eigenvalue weighted by Crippen LogP contribution is -2.04. The van der Waals surface area contributed by atoms with Gasteiger partial charge in [0.05, 0.1) is 11.7 Å². The van der Waals surface area contributed by atoms with Crippen molar-refractivity contribution in [3.05, 3.63) is 60.0 Å². The fourth-order valence-corrected chi connectivity index (χ4v) is 2.17. The smallest absolute Gasteiger partial charge is 0.169 e. The van der Waals surface area contributed by atoms with Crippen molar-refractivity contribution >= 4 is 16.7 Å². The zero-order valence-corrected chi connectivity index (χ0v) is 10.6. The first-order valence-electron chi connectivity index (χ1n) is 6.08. The zero-order chi connectivity index (χ0) is 13.2. The average Bonchev–Trinajstić information content (AvgIpc) is 2.83. The molecule has 3 rings (SSSR count). The molecule has 0 saturated carbocycles. The van der Waals surface area contributed by atoms with Crippen LogP contribution in [0.1, 0.15) is 15.9 Å². The number of nitrogens with zero attached hydrogens (tertiary/aromatic N) is 3. The van der Waals surface area contributed by atoms with Gasteiger partial charge in [-0.25, -0.2) is 0 Å². The summed E-state index contributed by atoms with van der Waals surface area (Å²) in [5.74, 6) is 0.0669. The fraction of sp³-hybridized carbons (Fsp3) is 0.133. The van der Waals surface area contributed by atoms with Gasteiger partial charge in [0.25, 0.3) is 0 Å². The Kier molecular flexibility index (Phi) is 2.83. The van der Waals surface area contributed by atoms with Gasteiger partial charge >= 0.3 is 0 Å². The number of Topliss-reactive ketones (excluding diaryl/α,β-unsaturated/α-hetero) is 1. The van der Waals surface area contributed by atoms with E-state index in [0.717, 1.165) is 16.5 Å². The molecule has 0 aliphatic carbocycles. The number of hydrogen-bond donors (Lipinski definition) is 0. The minimum atomic E-state index is 0.0669. The summed E-state index contributed by atoms with van der Waals surface area (Å²) in [7, 11) is 1.84. The molecule has 19 heavy (non-hydrogen) atoms. The van der Waals surface area contributed by atoms with E-state index in [4.69, 9.17) is 0 Å². The average molecular weight is 251 g/mol. The third kappa shape index (κ3) is 2.25. The highest BCUT2D eigenvalue weighted by atomic mass is 16.1. The van der Waals surface area contributed by atoms with E-state index in [1.807, 2.05) is 43.6 Å². The molecule has 0 amide bonds. The van der Waals surface area contributed by atoms with Gasteiger partial charge in [-0.05, 0) is 17.7 Å². The van der Waals surface area contributed by atoms with Crippen molar-refractivity contribution in [1.82, 2.24) is 14.8 Å². The Hall–Kier alpha value is -2.49. The predicted molar refractivity (Wildman–Crippen MR) is 73.0 cm³/mol. The maximum Gasteiger partial charge on any atom is 0.169 e. The molecule has 3 aromatic rings. The number of ketones is 1. The van der Waals surface area contributed by atoms with Gasteiger partial charge in [0.2, 0.25) is 0 Å². The molecule has 0 aliphatic heterocycles. The van der Waals surface area contributed by atoms with Crippen LogP contribution in [0.4, 0.5) is 0 Å². The molecule has 2 aromatic heterocycles. The lowest BCUT2D eigenvalue weighted by molar-refractivity contribution is 0.0994. The molecule has 94 valence electrons. The summed E-state index contributed by atoms with van der Waals surface area (Å²) in [4.78, 5) is 16.7. The highest BCUT2D eigenvalue weighted by molar-refractivity contribution is 6.07. The van der Waals surface area contributed by atoms with E-state index in [2.05, 4.69) is 10.1 Å². The first-order valence-corrected chi connectivity index (χ1v) is 6.08.